The number of hydrogen-bond acceptors (Lipinski definition) is 4. The molecule has 0 atom stereocenters. The quantitative estimate of drug-likeness (QED) is 0.742. The van der Waals surface area contributed by atoms with E-state index in [4.69, 9.17) is 21.6 Å². The van der Waals surface area contributed by atoms with Crippen LogP contribution in [0.25, 0.3) is 5.65 Å². The fraction of sp³-hybridized carbons (Fsp3) is 0.0714. The maximum absolute atomic E-state index is 8.84. The summed E-state index contributed by atoms with van der Waals surface area (Å²) in [4.78, 5) is 0. The molecule has 5 nitrogen and oxygen atoms in total. The van der Waals surface area contributed by atoms with Gasteiger partial charge >= 0.3 is 0 Å². The SMILES string of the molecule is N#Cc1ccn2c(COc3cccc(Cl)c3)nnc2c1. The van der Waals surface area contributed by atoms with Gasteiger partial charge in [0.1, 0.15) is 12.4 Å². The standard InChI is InChI=1S/C14H9ClN4O/c15-11-2-1-3-12(7-11)20-9-14-18-17-13-6-10(8-16)4-5-19(13)14/h1-7H,9H2. The zero-order chi connectivity index (χ0) is 13.9. The summed E-state index contributed by atoms with van der Waals surface area (Å²) < 4.78 is 7.41. The Morgan fingerprint density at radius 3 is 2.95 bits per heavy atom. The van der Waals surface area contributed by atoms with E-state index in [2.05, 4.69) is 16.3 Å². The van der Waals surface area contributed by atoms with Gasteiger partial charge in [0.2, 0.25) is 0 Å². The van der Waals surface area contributed by atoms with E-state index in [1.807, 2.05) is 12.1 Å². The summed E-state index contributed by atoms with van der Waals surface area (Å²) in [6, 6.07) is 12.6. The van der Waals surface area contributed by atoms with Crippen LogP contribution < -0.4 is 4.74 Å². The monoisotopic (exact) mass is 284 g/mol. The fourth-order valence-electron chi connectivity index (χ4n) is 1.81. The van der Waals surface area contributed by atoms with E-state index in [0.717, 1.165) is 0 Å². The molecule has 6 heteroatoms. The van der Waals surface area contributed by atoms with Crippen molar-refractivity contribution >= 4 is 17.2 Å². The number of halogens is 1. The minimum atomic E-state index is 0.271. The maximum atomic E-state index is 8.84. The van der Waals surface area contributed by atoms with Crippen LogP contribution in [0.15, 0.2) is 42.6 Å². The van der Waals surface area contributed by atoms with Gasteiger partial charge in [0.15, 0.2) is 11.5 Å². The molecule has 0 fully saturated rings. The predicted octanol–water partition coefficient (Wildman–Crippen LogP) is 2.83. The molecular formula is C14H9ClN4O. The van der Waals surface area contributed by atoms with E-state index in [0.29, 0.717) is 27.8 Å². The molecule has 0 radical (unpaired) electrons. The van der Waals surface area contributed by atoms with Crippen molar-refractivity contribution < 1.29 is 4.74 Å². The molecule has 98 valence electrons. The zero-order valence-corrected chi connectivity index (χ0v) is 11.1. The van der Waals surface area contributed by atoms with E-state index in [1.54, 1.807) is 34.9 Å². The number of fused-ring (bicyclic) bond motifs is 1. The van der Waals surface area contributed by atoms with Crippen LogP contribution in [0.4, 0.5) is 0 Å². The van der Waals surface area contributed by atoms with E-state index in [-0.39, 0.29) is 6.61 Å². The number of nitriles is 1. The number of nitrogens with zero attached hydrogens (tertiary/aromatic N) is 4. The third-order valence-corrected chi connectivity index (χ3v) is 3.01. The second-order valence-corrected chi connectivity index (χ2v) is 4.55. The molecule has 0 amide bonds. The number of benzene rings is 1. The summed E-state index contributed by atoms with van der Waals surface area (Å²) in [6.45, 7) is 0.271. The molecular weight excluding hydrogens is 276 g/mol. The highest BCUT2D eigenvalue weighted by Crippen LogP contribution is 2.18. The van der Waals surface area contributed by atoms with Gasteiger partial charge in [0.25, 0.3) is 0 Å². The lowest BCUT2D eigenvalue weighted by Gasteiger charge is -2.05. The highest BCUT2D eigenvalue weighted by Gasteiger charge is 2.07. The van der Waals surface area contributed by atoms with Crippen LogP contribution in [-0.2, 0) is 6.61 Å². The second kappa shape index (κ2) is 5.19. The Kier molecular flexibility index (Phi) is 3.23. The van der Waals surface area contributed by atoms with Gasteiger partial charge in [-0.05, 0) is 24.3 Å². The Morgan fingerprint density at radius 2 is 2.15 bits per heavy atom. The van der Waals surface area contributed by atoms with Crippen molar-refractivity contribution in [3.05, 3.63) is 59.0 Å². The molecule has 0 saturated carbocycles. The van der Waals surface area contributed by atoms with Gasteiger partial charge < -0.3 is 4.74 Å². The molecule has 0 spiro atoms. The molecule has 0 bridgehead atoms. The lowest BCUT2D eigenvalue weighted by atomic mass is 10.3. The van der Waals surface area contributed by atoms with Gasteiger partial charge in [-0.25, -0.2) is 0 Å². The first-order valence-corrected chi connectivity index (χ1v) is 6.26. The Labute approximate surface area is 120 Å². The zero-order valence-electron chi connectivity index (χ0n) is 10.3. The fourth-order valence-corrected chi connectivity index (χ4v) is 1.99. The minimum Gasteiger partial charge on any atom is -0.486 e. The average Bonchev–Trinajstić information content (AvgIpc) is 2.87. The van der Waals surface area contributed by atoms with Crippen molar-refractivity contribution in [1.29, 1.82) is 5.26 Å². The van der Waals surface area contributed by atoms with Gasteiger partial charge in [-0.1, -0.05) is 17.7 Å². The van der Waals surface area contributed by atoms with E-state index in [9.17, 15) is 0 Å². The van der Waals surface area contributed by atoms with E-state index < -0.39 is 0 Å². The Balaban J connectivity index is 1.83. The van der Waals surface area contributed by atoms with Gasteiger partial charge in [-0.3, -0.25) is 4.40 Å². The van der Waals surface area contributed by atoms with Crippen molar-refractivity contribution in [3.63, 3.8) is 0 Å². The highest BCUT2D eigenvalue weighted by atomic mass is 35.5. The van der Waals surface area contributed by atoms with Crippen molar-refractivity contribution in [3.8, 4) is 11.8 Å². The average molecular weight is 285 g/mol. The van der Waals surface area contributed by atoms with Crippen LogP contribution in [0.1, 0.15) is 11.4 Å². The highest BCUT2D eigenvalue weighted by molar-refractivity contribution is 6.30. The molecule has 0 unspecified atom stereocenters. The molecule has 0 saturated heterocycles. The van der Waals surface area contributed by atoms with Gasteiger partial charge in [-0.15, -0.1) is 10.2 Å². The van der Waals surface area contributed by atoms with Gasteiger partial charge in [-0.2, -0.15) is 5.26 Å². The van der Waals surface area contributed by atoms with E-state index in [1.165, 1.54) is 0 Å². The smallest absolute Gasteiger partial charge is 0.175 e. The number of pyridine rings is 1. The van der Waals surface area contributed by atoms with Crippen LogP contribution in [0.5, 0.6) is 5.75 Å². The predicted molar refractivity (Wildman–Crippen MR) is 73.5 cm³/mol. The molecule has 0 aliphatic rings. The molecule has 1 aromatic carbocycles. The normalized spacial score (nSPS) is 10.4. The third kappa shape index (κ3) is 2.42. The first-order valence-electron chi connectivity index (χ1n) is 5.88. The molecule has 20 heavy (non-hydrogen) atoms. The van der Waals surface area contributed by atoms with Gasteiger partial charge in [0, 0.05) is 17.3 Å². The van der Waals surface area contributed by atoms with Crippen LogP contribution in [0.2, 0.25) is 5.02 Å². The molecule has 3 aromatic rings. The second-order valence-electron chi connectivity index (χ2n) is 4.12. The first-order chi connectivity index (χ1) is 9.76. The topological polar surface area (TPSA) is 63.2 Å². The Bertz CT molecular complexity index is 806. The molecule has 2 heterocycles. The summed E-state index contributed by atoms with van der Waals surface area (Å²) in [7, 11) is 0. The third-order valence-electron chi connectivity index (χ3n) is 2.77. The maximum Gasteiger partial charge on any atom is 0.175 e. The van der Waals surface area contributed by atoms with Crippen LogP contribution in [0.3, 0.4) is 0 Å². The van der Waals surface area contributed by atoms with Crippen molar-refractivity contribution in [2.24, 2.45) is 0 Å². The first kappa shape index (κ1) is 12.5. The lowest BCUT2D eigenvalue weighted by molar-refractivity contribution is 0.294. The summed E-state index contributed by atoms with van der Waals surface area (Å²) >= 11 is 5.89. The largest absolute Gasteiger partial charge is 0.486 e. The van der Waals surface area contributed by atoms with Crippen LogP contribution in [0, 0.1) is 11.3 Å². The van der Waals surface area contributed by atoms with E-state index >= 15 is 0 Å². The number of rotatable bonds is 3. The molecule has 3 rings (SSSR count). The number of hydrogen-bond donors (Lipinski definition) is 0. The number of ether oxygens (including phenoxy) is 1. The summed E-state index contributed by atoms with van der Waals surface area (Å²) in [5.74, 6) is 1.33. The van der Waals surface area contributed by atoms with Crippen molar-refractivity contribution in [2.75, 3.05) is 0 Å². The van der Waals surface area contributed by atoms with Gasteiger partial charge in [0.05, 0.1) is 11.6 Å². The van der Waals surface area contributed by atoms with Crippen LogP contribution in [-0.4, -0.2) is 14.6 Å². The molecule has 0 aliphatic heterocycles. The molecule has 2 aromatic heterocycles. The van der Waals surface area contributed by atoms with Crippen molar-refractivity contribution in [2.45, 2.75) is 6.61 Å². The molecule has 0 aliphatic carbocycles. The number of aromatic nitrogens is 3. The summed E-state index contributed by atoms with van der Waals surface area (Å²) in [5, 5.41) is 17.5. The van der Waals surface area contributed by atoms with Crippen molar-refractivity contribution in [1.82, 2.24) is 14.6 Å². The lowest BCUT2D eigenvalue weighted by Crippen LogP contribution is -2.01. The Hall–Kier alpha value is -2.58. The molecule has 0 N–H and O–H groups in total. The summed E-state index contributed by atoms with van der Waals surface area (Å²) in [5.41, 5.74) is 1.17. The minimum absolute atomic E-state index is 0.271. The summed E-state index contributed by atoms with van der Waals surface area (Å²) in [6.07, 6.45) is 1.75. The van der Waals surface area contributed by atoms with Crippen LogP contribution >= 0.6 is 11.6 Å². The Morgan fingerprint density at radius 1 is 1.25 bits per heavy atom.